The number of halogens is 1. The molecule has 3 aromatic rings. The molecule has 2 aromatic heterocycles. The maximum atomic E-state index is 12.8. The number of Topliss-reactive ketones (excluding diaryl/α,β-unsaturated/α-hetero) is 1. The SMILES string of the molecule is Cc1nccn1-c1ccc(SCC(=O)c2ccc(F)cc2)nn1. The van der Waals surface area contributed by atoms with Gasteiger partial charge in [-0.3, -0.25) is 9.36 Å². The Labute approximate surface area is 136 Å². The van der Waals surface area contributed by atoms with Crippen LogP contribution in [0.15, 0.2) is 53.8 Å². The molecule has 0 atom stereocenters. The van der Waals surface area contributed by atoms with E-state index >= 15 is 0 Å². The molecule has 0 radical (unpaired) electrons. The molecule has 0 fully saturated rings. The Morgan fingerprint density at radius 2 is 1.96 bits per heavy atom. The van der Waals surface area contributed by atoms with Crippen LogP contribution < -0.4 is 0 Å². The number of rotatable bonds is 5. The lowest BCUT2D eigenvalue weighted by Crippen LogP contribution is -2.04. The van der Waals surface area contributed by atoms with E-state index in [0.29, 0.717) is 16.4 Å². The number of carbonyl (C=O) groups is 1. The van der Waals surface area contributed by atoms with Crippen molar-refractivity contribution in [3.63, 3.8) is 0 Å². The summed E-state index contributed by atoms with van der Waals surface area (Å²) >= 11 is 1.30. The lowest BCUT2D eigenvalue weighted by molar-refractivity contribution is 0.102. The van der Waals surface area contributed by atoms with Crippen molar-refractivity contribution in [2.24, 2.45) is 0 Å². The van der Waals surface area contributed by atoms with Crippen LogP contribution in [0.4, 0.5) is 4.39 Å². The van der Waals surface area contributed by atoms with Crippen LogP contribution in [-0.2, 0) is 0 Å². The fraction of sp³-hybridized carbons (Fsp3) is 0.125. The van der Waals surface area contributed by atoms with Crippen molar-refractivity contribution >= 4 is 17.5 Å². The molecule has 0 saturated heterocycles. The number of ketones is 1. The molecular formula is C16H13FN4OS. The van der Waals surface area contributed by atoms with Gasteiger partial charge in [-0.15, -0.1) is 10.2 Å². The van der Waals surface area contributed by atoms with Gasteiger partial charge in [-0.2, -0.15) is 0 Å². The minimum atomic E-state index is -0.356. The highest BCUT2D eigenvalue weighted by atomic mass is 32.2. The van der Waals surface area contributed by atoms with Crippen LogP contribution in [0.3, 0.4) is 0 Å². The molecule has 5 nitrogen and oxygen atoms in total. The zero-order valence-electron chi connectivity index (χ0n) is 12.3. The molecule has 0 saturated carbocycles. The lowest BCUT2D eigenvalue weighted by Gasteiger charge is -2.04. The van der Waals surface area contributed by atoms with E-state index in [1.54, 1.807) is 6.20 Å². The van der Waals surface area contributed by atoms with Crippen molar-refractivity contribution in [3.8, 4) is 5.82 Å². The van der Waals surface area contributed by atoms with Gasteiger partial charge in [0.25, 0.3) is 0 Å². The first kappa shape index (κ1) is 15.4. The van der Waals surface area contributed by atoms with Gasteiger partial charge in [-0.25, -0.2) is 9.37 Å². The van der Waals surface area contributed by atoms with Crippen LogP contribution >= 0.6 is 11.8 Å². The number of aryl methyl sites for hydroxylation is 1. The molecule has 0 aliphatic rings. The number of hydrogen-bond donors (Lipinski definition) is 0. The third-order valence-corrected chi connectivity index (χ3v) is 4.14. The van der Waals surface area contributed by atoms with Gasteiger partial charge in [-0.05, 0) is 43.3 Å². The predicted octanol–water partition coefficient (Wildman–Crippen LogP) is 3.08. The summed E-state index contributed by atoms with van der Waals surface area (Å²) in [4.78, 5) is 16.2. The average Bonchev–Trinajstić information content (AvgIpc) is 3.00. The molecule has 0 N–H and O–H groups in total. The van der Waals surface area contributed by atoms with E-state index in [9.17, 15) is 9.18 Å². The third-order valence-electron chi connectivity index (χ3n) is 3.22. The Kier molecular flexibility index (Phi) is 4.47. The van der Waals surface area contributed by atoms with E-state index < -0.39 is 0 Å². The second kappa shape index (κ2) is 6.70. The Morgan fingerprint density at radius 3 is 2.57 bits per heavy atom. The van der Waals surface area contributed by atoms with E-state index in [4.69, 9.17) is 0 Å². The summed E-state index contributed by atoms with van der Waals surface area (Å²) in [6.07, 6.45) is 3.51. The largest absolute Gasteiger partial charge is 0.293 e. The van der Waals surface area contributed by atoms with E-state index in [0.717, 1.165) is 5.82 Å². The van der Waals surface area contributed by atoms with Crippen LogP contribution in [0.5, 0.6) is 0 Å². The van der Waals surface area contributed by atoms with Crippen LogP contribution in [0.2, 0.25) is 0 Å². The highest BCUT2D eigenvalue weighted by Gasteiger charge is 2.08. The van der Waals surface area contributed by atoms with Crippen LogP contribution in [0, 0.1) is 12.7 Å². The molecule has 0 aliphatic carbocycles. The van der Waals surface area contributed by atoms with E-state index in [1.807, 2.05) is 29.8 Å². The van der Waals surface area contributed by atoms with Crippen molar-refractivity contribution in [1.29, 1.82) is 0 Å². The van der Waals surface area contributed by atoms with Crippen molar-refractivity contribution in [2.75, 3.05) is 5.75 Å². The number of aromatic nitrogens is 4. The molecule has 7 heteroatoms. The molecule has 0 unspecified atom stereocenters. The molecule has 0 bridgehead atoms. The summed E-state index contributed by atoms with van der Waals surface area (Å²) in [5.74, 6) is 1.29. The van der Waals surface area contributed by atoms with Gasteiger partial charge in [0, 0.05) is 18.0 Å². The second-order valence-corrected chi connectivity index (χ2v) is 5.79. The first-order chi connectivity index (χ1) is 11.1. The van der Waals surface area contributed by atoms with Gasteiger partial charge in [-0.1, -0.05) is 11.8 Å². The standard InChI is InChI=1S/C16H13FN4OS/c1-11-18-8-9-21(11)15-6-7-16(20-19-15)23-10-14(22)12-2-4-13(17)5-3-12/h2-9H,10H2,1H3. The van der Waals surface area contributed by atoms with Gasteiger partial charge >= 0.3 is 0 Å². The number of nitrogens with zero attached hydrogens (tertiary/aromatic N) is 4. The molecule has 0 amide bonds. The number of thioether (sulfide) groups is 1. The summed E-state index contributed by atoms with van der Waals surface area (Å²) in [5, 5.41) is 8.90. The van der Waals surface area contributed by atoms with Gasteiger partial charge in [0.1, 0.15) is 16.7 Å². The van der Waals surface area contributed by atoms with E-state index in [2.05, 4.69) is 15.2 Å². The molecule has 0 aliphatic heterocycles. The number of hydrogen-bond acceptors (Lipinski definition) is 5. The van der Waals surface area contributed by atoms with Gasteiger partial charge in [0.2, 0.25) is 0 Å². The first-order valence-electron chi connectivity index (χ1n) is 6.89. The van der Waals surface area contributed by atoms with Crippen molar-refractivity contribution < 1.29 is 9.18 Å². The summed E-state index contributed by atoms with van der Waals surface area (Å²) in [7, 11) is 0. The molecule has 2 heterocycles. The Hall–Kier alpha value is -2.54. The summed E-state index contributed by atoms with van der Waals surface area (Å²) in [6.45, 7) is 1.88. The first-order valence-corrected chi connectivity index (χ1v) is 7.87. The van der Waals surface area contributed by atoms with Gasteiger partial charge < -0.3 is 0 Å². The quantitative estimate of drug-likeness (QED) is 0.532. The lowest BCUT2D eigenvalue weighted by atomic mass is 10.1. The van der Waals surface area contributed by atoms with Gasteiger partial charge in [0.15, 0.2) is 11.6 Å². The third kappa shape index (κ3) is 3.62. The Balaban J connectivity index is 1.64. The minimum absolute atomic E-state index is 0.0775. The molecule has 3 rings (SSSR count). The molecule has 23 heavy (non-hydrogen) atoms. The van der Waals surface area contributed by atoms with Crippen molar-refractivity contribution in [2.45, 2.75) is 11.9 Å². The summed E-state index contributed by atoms with van der Waals surface area (Å²) < 4.78 is 14.7. The molecule has 1 aromatic carbocycles. The topological polar surface area (TPSA) is 60.7 Å². The second-order valence-electron chi connectivity index (χ2n) is 4.79. The van der Waals surface area contributed by atoms with Crippen LogP contribution in [0.1, 0.15) is 16.2 Å². The van der Waals surface area contributed by atoms with Crippen LogP contribution in [0.25, 0.3) is 5.82 Å². The van der Waals surface area contributed by atoms with Crippen molar-refractivity contribution in [1.82, 2.24) is 19.7 Å². The maximum absolute atomic E-state index is 12.8. The Morgan fingerprint density at radius 1 is 1.17 bits per heavy atom. The highest BCUT2D eigenvalue weighted by Crippen LogP contribution is 2.17. The zero-order chi connectivity index (χ0) is 16.2. The van der Waals surface area contributed by atoms with Gasteiger partial charge in [0.05, 0.1) is 5.75 Å². The normalized spacial score (nSPS) is 10.7. The monoisotopic (exact) mass is 328 g/mol. The van der Waals surface area contributed by atoms with Crippen LogP contribution in [-0.4, -0.2) is 31.3 Å². The maximum Gasteiger partial charge on any atom is 0.173 e. The number of imidazole rings is 1. The number of benzene rings is 1. The Bertz CT molecular complexity index is 815. The molecule has 0 spiro atoms. The average molecular weight is 328 g/mol. The zero-order valence-corrected chi connectivity index (χ0v) is 13.1. The fourth-order valence-corrected chi connectivity index (χ4v) is 2.71. The fourth-order valence-electron chi connectivity index (χ4n) is 2.00. The molecule has 116 valence electrons. The minimum Gasteiger partial charge on any atom is -0.293 e. The van der Waals surface area contributed by atoms with E-state index in [1.165, 1.54) is 36.0 Å². The van der Waals surface area contributed by atoms with E-state index in [-0.39, 0.29) is 17.4 Å². The summed E-state index contributed by atoms with van der Waals surface area (Å²) in [6, 6.07) is 9.15. The summed E-state index contributed by atoms with van der Waals surface area (Å²) in [5.41, 5.74) is 0.484. The van der Waals surface area contributed by atoms with Crippen molar-refractivity contribution in [3.05, 3.63) is 66.0 Å². The number of carbonyl (C=O) groups excluding carboxylic acids is 1. The predicted molar refractivity (Wildman–Crippen MR) is 85.3 cm³/mol. The highest BCUT2D eigenvalue weighted by molar-refractivity contribution is 7.99. The molecular weight excluding hydrogens is 315 g/mol. The smallest absolute Gasteiger partial charge is 0.173 e.